The standard InChI is InChI=1S/C28H34S/c29-24-16-5-3-1-2-4-15-23-28(25-17-9-6-10-18-25,26-19-11-7-12-20-26)27-21-13-8-14-22-27/h6-14,17-22,29H,1-5,15-16,23-24H2. The number of benzene rings is 3. The van der Waals surface area contributed by atoms with Gasteiger partial charge in [0.1, 0.15) is 0 Å². The molecule has 0 nitrogen and oxygen atoms in total. The lowest BCUT2D eigenvalue weighted by atomic mass is 9.66. The molecule has 0 saturated carbocycles. The molecule has 0 aromatic heterocycles. The Kier molecular flexibility index (Phi) is 8.89. The molecule has 1 heteroatoms. The summed E-state index contributed by atoms with van der Waals surface area (Å²) in [5.74, 6) is 1.02. The van der Waals surface area contributed by atoms with E-state index < -0.39 is 0 Å². The van der Waals surface area contributed by atoms with Crippen LogP contribution in [0.3, 0.4) is 0 Å². The van der Waals surface area contributed by atoms with Gasteiger partial charge in [0.05, 0.1) is 0 Å². The molecule has 0 amide bonds. The number of hydrogen-bond acceptors (Lipinski definition) is 1. The second-order valence-corrected chi connectivity index (χ2v) is 8.40. The molecule has 0 unspecified atom stereocenters. The Morgan fingerprint density at radius 1 is 0.448 bits per heavy atom. The predicted octanol–water partition coefficient (Wildman–Crippen LogP) is 8.07. The number of unbranched alkanes of at least 4 members (excludes halogenated alkanes) is 6. The molecule has 0 aliphatic heterocycles. The van der Waals surface area contributed by atoms with Crippen LogP contribution in [0.2, 0.25) is 0 Å². The van der Waals surface area contributed by atoms with Gasteiger partial charge in [-0.25, -0.2) is 0 Å². The molecular formula is C28H34S. The molecule has 0 heterocycles. The molecule has 29 heavy (non-hydrogen) atoms. The van der Waals surface area contributed by atoms with Crippen LogP contribution < -0.4 is 0 Å². The first-order valence-electron chi connectivity index (χ1n) is 11.2. The van der Waals surface area contributed by atoms with Crippen molar-refractivity contribution < 1.29 is 0 Å². The maximum absolute atomic E-state index is 4.31. The van der Waals surface area contributed by atoms with Gasteiger partial charge in [0.15, 0.2) is 0 Å². The Hall–Kier alpha value is -1.99. The van der Waals surface area contributed by atoms with E-state index in [1.165, 1.54) is 61.6 Å². The quantitative estimate of drug-likeness (QED) is 0.177. The Labute approximate surface area is 182 Å². The molecule has 0 fully saturated rings. The highest BCUT2D eigenvalue weighted by molar-refractivity contribution is 7.80. The highest BCUT2D eigenvalue weighted by Gasteiger charge is 2.35. The first kappa shape index (κ1) is 21.7. The summed E-state index contributed by atoms with van der Waals surface area (Å²) in [5.41, 5.74) is 4.10. The van der Waals surface area contributed by atoms with Crippen molar-refractivity contribution in [2.24, 2.45) is 0 Å². The average molecular weight is 403 g/mol. The van der Waals surface area contributed by atoms with Gasteiger partial charge in [-0.05, 0) is 35.3 Å². The third kappa shape index (κ3) is 5.76. The third-order valence-electron chi connectivity index (χ3n) is 6.01. The van der Waals surface area contributed by atoms with Crippen LogP contribution in [0.1, 0.15) is 68.1 Å². The van der Waals surface area contributed by atoms with Crippen molar-refractivity contribution in [3.05, 3.63) is 108 Å². The summed E-state index contributed by atoms with van der Waals surface area (Å²) in [7, 11) is 0. The lowest BCUT2D eigenvalue weighted by Gasteiger charge is -2.36. The minimum Gasteiger partial charge on any atom is -0.179 e. The molecule has 3 aromatic carbocycles. The van der Waals surface area contributed by atoms with Gasteiger partial charge in [-0.3, -0.25) is 0 Å². The van der Waals surface area contributed by atoms with Crippen molar-refractivity contribution in [1.82, 2.24) is 0 Å². The highest BCUT2D eigenvalue weighted by atomic mass is 32.1. The minimum atomic E-state index is -0.0875. The van der Waals surface area contributed by atoms with Crippen LogP contribution >= 0.6 is 12.6 Å². The zero-order valence-corrected chi connectivity index (χ0v) is 18.4. The Morgan fingerprint density at radius 2 is 0.793 bits per heavy atom. The van der Waals surface area contributed by atoms with Gasteiger partial charge in [-0.2, -0.15) is 12.6 Å². The van der Waals surface area contributed by atoms with Crippen LogP contribution in [0, 0.1) is 0 Å². The van der Waals surface area contributed by atoms with Crippen molar-refractivity contribution in [2.45, 2.75) is 56.8 Å². The SMILES string of the molecule is SCCCCCCCCCC(c1ccccc1)(c1ccccc1)c1ccccc1. The molecule has 0 spiro atoms. The Balaban J connectivity index is 1.83. The summed E-state index contributed by atoms with van der Waals surface area (Å²) in [6, 6.07) is 33.2. The summed E-state index contributed by atoms with van der Waals surface area (Å²) in [6.45, 7) is 0. The predicted molar refractivity (Wildman–Crippen MR) is 130 cm³/mol. The first-order chi connectivity index (χ1) is 14.4. The van der Waals surface area contributed by atoms with E-state index in [0.29, 0.717) is 0 Å². The van der Waals surface area contributed by atoms with Gasteiger partial charge in [0.2, 0.25) is 0 Å². The molecule has 152 valence electrons. The Bertz CT molecular complexity index is 699. The van der Waals surface area contributed by atoms with Crippen LogP contribution in [0.15, 0.2) is 91.0 Å². The van der Waals surface area contributed by atoms with Gasteiger partial charge < -0.3 is 0 Å². The normalized spacial score (nSPS) is 11.5. The van der Waals surface area contributed by atoms with Gasteiger partial charge in [-0.1, -0.05) is 130 Å². The summed E-state index contributed by atoms with van der Waals surface area (Å²) in [5, 5.41) is 0. The van der Waals surface area contributed by atoms with Crippen LogP contribution in [0.4, 0.5) is 0 Å². The van der Waals surface area contributed by atoms with Crippen LogP contribution in [-0.4, -0.2) is 5.75 Å². The van der Waals surface area contributed by atoms with E-state index in [1.54, 1.807) is 0 Å². The first-order valence-corrected chi connectivity index (χ1v) is 11.8. The maximum Gasteiger partial charge on any atom is 0.0451 e. The molecule has 0 saturated heterocycles. The molecule has 0 radical (unpaired) electrons. The van der Waals surface area contributed by atoms with E-state index in [1.807, 2.05) is 0 Å². The fourth-order valence-corrected chi connectivity index (χ4v) is 4.71. The molecular weight excluding hydrogens is 368 g/mol. The summed E-state index contributed by atoms with van der Waals surface area (Å²) < 4.78 is 0. The summed E-state index contributed by atoms with van der Waals surface area (Å²) in [6.07, 6.45) is 10.3. The lowest BCUT2D eigenvalue weighted by molar-refractivity contribution is 0.497. The fourth-order valence-electron chi connectivity index (χ4n) is 4.49. The second kappa shape index (κ2) is 11.9. The maximum atomic E-state index is 4.31. The highest BCUT2D eigenvalue weighted by Crippen LogP contribution is 2.43. The van der Waals surface area contributed by atoms with Crippen molar-refractivity contribution in [3.63, 3.8) is 0 Å². The average Bonchev–Trinajstić information content (AvgIpc) is 2.80. The fraction of sp³-hybridized carbons (Fsp3) is 0.357. The van der Waals surface area contributed by atoms with Crippen molar-refractivity contribution in [2.75, 3.05) is 5.75 Å². The molecule has 0 aliphatic carbocycles. The minimum absolute atomic E-state index is 0.0875. The largest absolute Gasteiger partial charge is 0.179 e. The second-order valence-electron chi connectivity index (χ2n) is 7.95. The van der Waals surface area contributed by atoms with Crippen LogP contribution in [0.5, 0.6) is 0 Å². The Morgan fingerprint density at radius 3 is 1.17 bits per heavy atom. The lowest BCUT2D eigenvalue weighted by Crippen LogP contribution is -2.29. The summed E-state index contributed by atoms with van der Waals surface area (Å²) in [4.78, 5) is 0. The van der Waals surface area contributed by atoms with Gasteiger partial charge in [0, 0.05) is 5.41 Å². The molecule has 3 rings (SSSR count). The molecule has 3 aromatic rings. The monoisotopic (exact) mass is 402 g/mol. The number of rotatable bonds is 12. The third-order valence-corrected chi connectivity index (χ3v) is 6.33. The van der Waals surface area contributed by atoms with Gasteiger partial charge in [0.25, 0.3) is 0 Å². The zero-order valence-electron chi connectivity index (χ0n) is 17.5. The van der Waals surface area contributed by atoms with Crippen LogP contribution in [0.25, 0.3) is 0 Å². The van der Waals surface area contributed by atoms with E-state index in [2.05, 4.69) is 104 Å². The van der Waals surface area contributed by atoms with Crippen molar-refractivity contribution >= 4 is 12.6 Å². The molecule has 0 aliphatic rings. The van der Waals surface area contributed by atoms with E-state index in [-0.39, 0.29) is 5.41 Å². The topological polar surface area (TPSA) is 0 Å². The van der Waals surface area contributed by atoms with Crippen LogP contribution in [-0.2, 0) is 5.41 Å². The smallest absolute Gasteiger partial charge is 0.0451 e. The van der Waals surface area contributed by atoms with E-state index in [0.717, 1.165) is 12.2 Å². The van der Waals surface area contributed by atoms with Crippen molar-refractivity contribution in [3.8, 4) is 0 Å². The van der Waals surface area contributed by atoms with E-state index in [9.17, 15) is 0 Å². The van der Waals surface area contributed by atoms with Crippen molar-refractivity contribution in [1.29, 1.82) is 0 Å². The number of thiol groups is 1. The summed E-state index contributed by atoms with van der Waals surface area (Å²) >= 11 is 4.31. The molecule has 0 bridgehead atoms. The van der Waals surface area contributed by atoms with Gasteiger partial charge >= 0.3 is 0 Å². The zero-order chi connectivity index (χ0) is 20.2. The number of hydrogen-bond donors (Lipinski definition) is 1. The molecule has 0 atom stereocenters. The van der Waals surface area contributed by atoms with E-state index in [4.69, 9.17) is 0 Å². The van der Waals surface area contributed by atoms with E-state index >= 15 is 0 Å². The molecule has 0 N–H and O–H groups in total. The van der Waals surface area contributed by atoms with Gasteiger partial charge in [-0.15, -0.1) is 0 Å².